The summed E-state index contributed by atoms with van der Waals surface area (Å²) in [4.78, 5) is 0. The third kappa shape index (κ3) is 9.88. The average Bonchev–Trinajstić information content (AvgIpc) is 1.59. The predicted molar refractivity (Wildman–Crippen MR) is 50.4 cm³/mol. The highest BCUT2D eigenvalue weighted by Gasteiger charge is 2.25. The Kier molecular flexibility index (Phi) is 5.68. The van der Waals surface area contributed by atoms with Crippen molar-refractivity contribution in [2.75, 3.05) is 0 Å². The Bertz CT molecular complexity index is 77.5. The third-order valence-electron chi connectivity index (χ3n) is 0.597. The van der Waals surface area contributed by atoms with Crippen LogP contribution >= 0.6 is 55.4 Å². The number of halogens is 5. The lowest BCUT2D eigenvalue weighted by molar-refractivity contribution is 1.43. The molecule has 0 atom stereocenters. The summed E-state index contributed by atoms with van der Waals surface area (Å²) in [5.41, 5.74) is 0. The minimum absolute atomic E-state index is 0.568. The maximum absolute atomic E-state index is 5.55. The Morgan fingerprint density at radius 2 is 1.56 bits per heavy atom. The number of hydrogen-bond acceptors (Lipinski definition) is 0. The first-order valence-electron chi connectivity index (χ1n) is 2.15. The molecule has 0 N–H and O–H groups in total. The summed E-state index contributed by atoms with van der Waals surface area (Å²) < 4.78 is 0. The largest absolute Gasteiger partial charge is 0.341 e. The molecule has 0 saturated carbocycles. The molecule has 9 heavy (non-hydrogen) atoms. The van der Waals surface area contributed by atoms with Gasteiger partial charge in [0.15, 0.2) is 0 Å². The molecule has 0 aliphatic rings. The second kappa shape index (κ2) is 4.70. The fourth-order valence-electron chi connectivity index (χ4n) is 0.236. The first kappa shape index (κ1) is 10.9. The van der Waals surface area contributed by atoms with E-state index in [1.54, 1.807) is 0 Å². The minimum atomic E-state index is -2.45. The molecule has 0 aromatic heterocycles. The first-order valence-corrected chi connectivity index (χ1v) is 11.1. The summed E-state index contributed by atoms with van der Waals surface area (Å²) >= 11 is 27.6. The second-order valence-electron chi connectivity index (χ2n) is 1.45. The molecule has 7 heteroatoms. The van der Waals surface area contributed by atoms with Crippen molar-refractivity contribution in [1.82, 2.24) is 0 Å². The van der Waals surface area contributed by atoms with Crippen LogP contribution in [-0.4, -0.2) is 13.4 Å². The van der Waals surface area contributed by atoms with Crippen molar-refractivity contribution < 1.29 is 0 Å². The molecule has 0 bridgehead atoms. The first-order chi connectivity index (χ1) is 3.92. The third-order valence-corrected chi connectivity index (χ3v) is 5.38. The van der Waals surface area contributed by atoms with Gasteiger partial charge in [-0.1, -0.05) is 0 Å². The zero-order chi connectivity index (χ0) is 7.49. The van der Waals surface area contributed by atoms with E-state index in [4.69, 9.17) is 55.4 Å². The van der Waals surface area contributed by atoms with Crippen molar-refractivity contribution in [2.45, 2.75) is 12.1 Å². The molecule has 1 radical (unpaired) electrons. The molecule has 0 saturated heterocycles. The zero-order valence-corrected chi connectivity index (χ0v) is 10.1. The normalized spacial score (nSPS) is 12.7. The summed E-state index contributed by atoms with van der Waals surface area (Å²) in [5, 5.41) is 0. The Balaban J connectivity index is 3.28. The molecule has 0 aromatic carbocycles. The van der Waals surface area contributed by atoms with Crippen LogP contribution in [0.3, 0.4) is 0 Å². The Morgan fingerprint density at radius 1 is 1.11 bits per heavy atom. The molecule has 0 amide bonds. The van der Waals surface area contributed by atoms with Crippen molar-refractivity contribution in [1.29, 1.82) is 0 Å². The van der Waals surface area contributed by atoms with Crippen LogP contribution in [0.15, 0.2) is 0 Å². The van der Waals surface area contributed by atoms with Crippen molar-refractivity contribution in [3.05, 3.63) is 0 Å². The van der Waals surface area contributed by atoms with Gasteiger partial charge >= 0.3 is 6.00 Å². The van der Waals surface area contributed by atoms with Crippen LogP contribution in [0, 0.1) is 0 Å². The van der Waals surface area contributed by atoms with Gasteiger partial charge in [0, 0.05) is 0 Å². The van der Waals surface area contributed by atoms with E-state index in [2.05, 4.69) is 0 Å². The zero-order valence-electron chi connectivity index (χ0n) is 4.30. The predicted octanol–water partition coefficient (Wildman–Crippen LogP) is 3.61. The summed E-state index contributed by atoms with van der Waals surface area (Å²) in [6.07, 6.45) is 0. The van der Waals surface area contributed by atoms with Gasteiger partial charge in [0.1, 0.15) is 0 Å². The Labute approximate surface area is 80.5 Å². The minimum Gasteiger partial charge on any atom is -0.147 e. The summed E-state index contributed by atoms with van der Waals surface area (Å²) in [7, 11) is -1.24. The SMILES string of the molecule is Cl[Si](Cl)CC[Si](Cl)(Cl)Cl. The van der Waals surface area contributed by atoms with Crippen molar-refractivity contribution in [3.8, 4) is 0 Å². The van der Waals surface area contributed by atoms with Gasteiger partial charge < -0.3 is 0 Å². The average molecular weight is 261 g/mol. The fourth-order valence-corrected chi connectivity index (χ4v) is 6.38. The maximum atomic E-state index is 5.55. The van der Waals surface area contributed by atoms with E-state index in [9.17, 15) is 0 Å². The highest BCUT2D eigenvalue weighted by molar-refractivity contribution is 7.65. The molecule has 0 aliphatic carbocycles. The van der Waals surface area contributed by atoms with Crippen LogP contribution in [-0.2, 0) is 0 Å². The van der Waals surface area contributed by atoms with Gasteiger partial charge in [-0.05, 0) is 12.1 Å². The topological polar surface area (TPSA) is 0 Å². The molecule has 0 fully saturated rings. The van der Waals surface area contributed by atoms with Crippen molar-refractivity contribution >= 4 is 68.8 Å². The molecule has 0 heterocycles. The lowest BCUT2D eigenvalue weighted by atomic mass is 11.0. The van der Waals surface area contributed by atoms with E-state index in [0.717, 1.165) is 0 Å². The second-order valence-corrected chi connectivity index (χ2v) is 15.2. The standard InChI is InChI=1S/C2H4Cl5Si2/c3-8(4)1-2-9(5,6)7/h1-2H2. The fraction of sp³-hybridized carbons (Fsp3) is 1.00. The van der Waals surface area contributed by atoms with Crippen molar-refractivity contribution in [2.24, 2.45) is 0 Å². The highest BCUT2D eigenvalue weighted by Crippen LogP contribution is 2.28. The smallest absolute Gasteiger partial charge is 0.147 e. The highest BCUT2D eigenvalue weighted by atomic mass is 35.8. The summed E-state index contributed by atoms with van der Waals surface area (Å²) in [6.45, 7) is 0. The van der Waals surface area contributed by atoms with Crippen LogP contribution in [0.2, 0.25) is 12.1 Å². The van der Waals surface area contributed by atoms with Gasteiger partial charge in [-0.2, -0.15) is 0 Å². The molecule has 0 nitrogen and oxygen atoms in total. The van der Waals surface area contributed by atoms with Gasteiger partial charge in [0.05, 0.1) is 0 Å². The van der Waals surface area contributed by atoms with Crippen LogP contribution in [0.5, 0.6) is 0 Å². The summed E-state index contributed by atoms with van der Waals surface area (Å²) in [5.74, 6) is 0. The summed E-state index contributed by atoms with van der Waals surface area (Å²) in [6, 6.07) is -1.22. The van der Waals surface area contributed by atoms with E-state index in [1.807, 2.05) is 0 Å². The van der Waals surface area contributed by atoms with E-state index < -0.39 is 13.4 Å². The lowest BCUT2D eigenvalue weighted by Crippen LogP contribution is -2.10. The van der Waals surface area contributed by atoms with Crippen molar-refractivity contribution in [3.63, 3.8) is 0 Å². The van der Waals surface area contributed by atoms with Gasteiger partial charge in [0.25, 0.3) is 7.42 Å². The molecular formula is C2H4Cl5Si2. The molecule has 0 unspecified atom stereocenters. The van der Waals surface area contributed by atoms with Crippen LogP contribution in [0.4, 0.5) is 0 Å². The van der Waals surface area contributed by atoms with E-state index in [1.165, 1.54) is 0 Å². The van der Waals surface area contributed by atoms with E-state index in [-0.39, 0.29) is 0 Å². The van der Waals surface area contributed by atoms with Gasteiger partial charge in [-0.3, -0.25) is 0 Å². The van der Waals surface area contributed by atoms with E-state index in [0.29, 0.717) is 12.1 Å². The van der Waals surface area contributed by atoms with E-state index >= 15 is 0 Å². The molecule has 0 rings (SSSR count). The molecular weight excluding hydrogens is 257 g/mol. The van der Waals surface area contributed by atoms with Gasteiger partial charge in [-0.15, -0.1) is 55.4 Å². The number of hydrogen-bond donors (Lipinski definition) is 0. The Hall–Kier alpha value is 1.88. The lowest BCUT2D eigenvalue weighted by Gasteiger charge is -2.04. The van der Waals surface area contributed by atoms with Gasteiger partial charge in [0.2, 0.25) is 0 Å². The number of rotatable bonds is 3. The van der Waals surface area contributed by atoms with Crippen LogP contribution in [0.25, 0.3) is 0 Å². The van der Waals surface area contributed by atoms with Crippen LogP contribution in [0.1, 0.15) is 0 Å². The quantitative estimate of drug-likeness (QED) is 0.538. The maximum Gasteiger partial charge on any atom is 0.341 e. The molecule has 55 valence electrons. The van der Waals surface area contributed by atoms with Gasteiger partial charge in [-0.25, -0.2) is 0 Å². The molecule has 0 aromatic rings. The Morgan fingerprint density at radius 3 is 1.67 bits per heavy atom. The monoisotopic (exact) mass is 259 g/mol. The molecule has 0 spiro atoms. The molecule has 0 aliphatic heterocycles. The van der Waals surface area contributed by atoms with Crippen LogP contribution < -0.4 is 0 Å².